The molecule has 1 aliphatic rings. The van der Waals surface area contributed by atoms with Gasteiger partial charge in [-0.1, -0.05) is 0 Å². The number of β-amino-alcohol motifs (C(OH)–C–C–N with tert-alkyl or cyclic N) is 1. The topological polar surface area (TPSA) is 49.8 Å². The largest absolute Gasteiger partial charge is 0.468 e. The zero-order valence-electron chi connectivity index (χ0n) is 9.43. The number of carbonyl (C=O) groups is 1. The number of halogens is 1. The molecule has 17 heavy (non-hydrogen) atoms. The molecule has 0 aromatic carbocycles. The van der Waals surface area contributed by atoms with Gasteiger partial charge in [-0.3, -0.25) is 9.69 Å². The number of hydrogen-bond donors (Lipinski definition) is 1. The number of nitrogens with zero attached hydrogens (tertiary/aromatic N) is 1. The van der Waals surface area contributed by atoms with E-state index < -0.39 is 6.10 Å². The summed E-state index contributed by atoms with van der Waals surface area (Å²) < 4.78 is 5.83. The Labute approximate surface area is 112 Å². The highest BCUT2D eigenvalue weighted by atomic mass is 79.9. The van der Waals surface area contributed by atoms with E-state index in [1.807, 2.05) is 16.3 Å². The van der Waals surface area contributed by atoms with Crippen molar-refractivity contribution in [1.82, 2.24) is 4.90 Å². The molecule has 1 aromatic rings. The zero-order chi connectivity index (χ0) is 12.4. The van der Waals surface area contributed by atoms with Gasteiger partial charge in [0.1, 0.15) is 6.04 Å². The minimum Gasteiger partial charge on any atom is -0.468 e. The fourth-order valence-corrected chi connectivity index (χ4v) is 3.30. The number of aliphatic hydroxyl groups excluding tert-OH is 1. The van der Waals surface area contributed by atoms with E-state index in [-0.39, 0.29) is 12.0 Å². The van der Waals surface area contributed by atoms with Crippen LogP contribution in [-0.2, 0) is 16.1 Å². The molecule has 2 atom stereocenters. The summed E-state index contributed by atoms with van der Waals surface area (Å²) in [4.78, 5) is 13.5. The van der Waals surface area contributed by atoms with E-state index in [2.05, 4.69) is 15.9 Å². The van der Waals surface area contributed by atoms with E-state index in [0.717, 1.165) is 9.35 Å². The maximum Gasteiger partial charge on any atom is 0.323 e. The second-order valence-electron chi connectivity index (χ2n) is 4.12. The van der Waals surface area contributed by atoms with Gasteiger partial charge in [0, 0.05) is 19.5 Å². The van der Waals surface area contributed by atoms with Crippen molar-refractivity contribution in [1.29, 1.82) is 0 Å². The van der Waals surface area contributed by atoms with Gasteiger partial charge in [-0.2, -0.15) is 0 Å². The summed E-state index contributed by atoms with van der Waals surface area (Å²) in [6.45, 7) is 1.19. The summed E-state index contributed by atoms with van der Waals surface area (Å²) in [7, 11) is 1.38. The van der Waals surface area contributed by atoms with Crippen molar-refractivity contribution in [3.05, 3.63) is 20.8 Å². The Balaban J connectivity index is 2.05. The number of rotatable bonds is 3. The van der Waals surface area contributed by atoms with E-state index in [4.69, 9.17) is 4.74 Å². The van der Waals surface area contributed by atoms with Crippen molar-refractivity contribution in [2.75, 3.05) is 13.7 Å². The molecule has 6 heteroatoms. The third-order valence-corrected chi connectivity index (χ3v) is 4.42. The van der Waals surface area contributed by atoms with Gasteiger partial charge < -0.3 is 9.84 Å². The first-order valence-corrected chi connectivity index (χ1v) is 7.00. The monoisotopic (exact) mass is 319 g/mol. The molecule has 1 aliphatic heterocycles. The molecule has 0 aliphatic carbocycles. The van der Waals surface area contributed by atoms with Crippen LogP contribution >= 0.6 is 27.3 Å². The first kappa shape index (κ1) is 13.0. The molecule has 1 aromatic heterocycles. The number of esters is 1. The number of methoxy groups -OCH3 is 1. The lowest BCUT2D eigenvalue weighted by atomic mass is 10.2. The summed E-state index contributed by atoms with van der Waals surface area (Å²) in [6, 6.07) is 1.71. The van der Waals surface area contributed by atoms with Gasteiger partial charge >= 0.3 is 5.97 Å². The fraction of sp³-hybridized carbons (Fsp3) is 0.545. The second-order valence-corrected chi connectivity index (χ2v) is 6.41. The lowest BCUT2D eigenvalue weighted by Crippen LogP contribution is -2.36. The molecular formula is C11H14BrNO3S. The van der Waals surface area contributed by atoms with E-state index in [1.54, 1.807) is 11.3 Å². The predicted molar refractivity (Wildman–Crippen MR) is 68.9 cm³/mol. The Morgan fingerprint density at radius 2 is 2.53 bits per heavy atom. The number of carbonyl (C=O) groups excluding carboxylic acids is 1. The van der Waals surface area contributed by atoms with Gasteiger partial charge in [-0.25, -0.2) is 0 Å². The first-order valence-electron chi connectivity index (χ1n) is 5.33. The third-order valence-electron chi connectivity index (χ3n) is 2.86. The summed E-state index contributed by atoms with van der Waals surface area (Å²) in [5.74, 6) is -0.268. The zero-order valence-corrected chi connectivity index (χ0v) is 11.8. The van der Waals surface area contributed by atoms with Crippen molar-refractivity contribution >= 4 is 33.2 Å². The molecule has 1 saturated heterocycles. The highest BCUT2D eigenvalue weighted by molar-refractivity contribution is 9.11. The quantitative estimate of drug-likeness (QED) is 0.860. The summed E-state index contributed by atoms with van der Waals surface area (Å²) in [6.07, 6.45) is 0.0130. The van der Waals surface area contributed by atoms with Gasteiger partial charge in [0.05, 0.1) is 17.0 Å². The Hall–Kier alpha value is -0.430. The number of hydrogen-bond acceptors (Lipinski definition) is 5. The standard InChI is InChI=1S/C11H14BrNO3S/c1-16-11(15)9-3-8(14)5-13(9)4-7-2-10(12)17-6-7/h2,6,8-9,14H,3-5H2,1H3. The van der Waals surface area contributed by atoms with Crippen LogP contribution in [0.1, 0.15) is 12.0 Å². The molecule has 2 rings (SSSR count). The summed E-state index contributed by atoms with van der Waals surface area (Å²) in [5, 5.41) is 11.7. The van der Waals surface area contributed by atoms with Gasteiger partial charge in [0.25, 0.3) is 0 Å². The van der Waals surface area contributed by atoms with E-state index in [9.17, 15) is 9.90 Å². The molecule has 0 radical (unpaired) electrons. The van der Waals surface area contributed by atoms with Crippen molar-refractivity contribution in [3.8, 4) is 0 Å². The molecule has 0 bridgehead atoms. The normalized spacial score (nSPS) is 25.1. The predicted octanol–water partition coefficient (Wildman–Crippen LogP) is 1.62. The van der Waals surface area contributed by atoms with Crippen molar-refractivity contribution in [3.63, 3.8) is 0 Å². The molecule has 2 unspecified atom stereocenters. The van der Waals surface area contributed by atoms with E-state index in [1.165, 1.54) is 7.11 Å². The lowest BCUT2D eigenvalue weighted by molar-refractivity contribution is -0.146. The lowest BCUT2D eigenvalue weighted by Gasteiger charge is -2.21. The molecular weight excluding hydrogens is 306 g/mol. The number of likely N-dealkylation sites (tertiary alicyclic amines) is 1. The average Bonchev–Trinajstić information content (AvgIpc) is 2.85. The van der Waals surface area contributed by atoms with Gasteiger partial charge in [-0.15, -0.1) is 11.3 Å². The van der Waals surface area contributed by atoms with Crippen LogP contribution in [-0.4, -0.2) is 41.8 Å². The van der Waals surface area contributed by atoms with Gasteiger partial charge in [0.2, 0.25) is 0 Å². The molecule has 94 valence electrons. The maximum atomic E-state index is 11.6. The minimum atomic E-state index is -0.443. The Kier molecular flexibility index (Phi) is 4.19. The Morgan fingerprint density at radius 1 is 1.76 bits per heavy atom. The molecule has 1 fully saturated rings. The van der Waals surface area contributed by atoms with Crippen LogP contribution in [0.25, 0.3) is 0 Å². The molecule has 0 spiro atoms. The van der Waals surface area contributed by atoms with Gasteiger partial charge in [0.15, 0.2) is 0 Å². The van der Waals surface area contributed by atoms with Crippen LogP contribution in [0.5, 0.6) is 0 Å². The summed E-state index contributed by atoms with van der Waals surface area (Å²) in [5.41, 5.74) is 1.14. The number of ether oxygens (including phenoxy) is 1. The van der Waals surface area contributed by atoms with Gasteiger partial charge in [-0.05, 0) is 32.9 Å². The maximum absolute atomic E-state index is 11.6. The Bertz CT molecular complexity index is 409. The SMILES string of the molecule is COC(=O)C1CC(O)CN1Cc1csc(Br)c1. The minimum absolute atomic E-state index is 0.268. The molecule has 0 saturated carbocycles. The van der Waals surface area contributed by atoms with Crippen LogP contribution in [0.15, 0.2) is 15.2 Å². The van der Waals surface area contributed by atoms with E-state index in [0.29, 0.717) is 19.5 Å². The molecule has 1 N–H and O–H groups in total. The number of thiophene rings is 1. The third kappa shape index (κ3) is 3.07. The second kappa shape index (κ2) is 5.48. The molecule has 4 nitrogen and oxygen atoms in total. The van der Waals surface area contributed by atoms with Crippen molar-refractivity contribution in [2.24, 2.45) is 0 Å². The van der Waals surface area contributed by atoms with Crippen LogP contribution in [0, 0.1) is 0 Å². The first-order chi connectivity index (χ1) is 8.10. The van der Waals surface area contributed by atoms with Crippen molar-refractivity contribution < 1.29 is 14.6 Å². The fourth-order valence-electron chi connectivity index (χ4n) is 2.10. The highest BCUT2D eigenvalue weighted by Gasteiger charge is 2.36. The molecule has 2 heterocycles. The highest BCUT2D eigenvalue weighted by Crippen LogP contribution is 2.26. The number of aliphatic hydroxyl groups is 1. The van der Waals surface area contributed by atoms with Crippen LogP contribution < -0.4 is 0 Å². The average molecular weight is 320 g/mol. The van der Waals surface area contributed by atoms with Crippen LogP contribution in [0.2, 0.25) is 0 Å². The Morgan fingerprint density at radius 3 is 3.12 bits per heavy atom. The van der Waals surface area contributed by atoms with Crippen LogP contribution in [0.4, 0.5) is 0 Å². The summed E-state index contributed by atoms with van der Waals surface area (Å²) >= 11 is 5.03. The molecule has 0 amide bonds. The van der Waals surface area contributed by atoms with Crippen LogP contribution in [0.3, 0.4) is 0 Å². The van der Waals surface area contributed by atoms with Crippen molar-refractivity contribution in [2.45, 2.75) is 25.1 Å². The smallest absolute Gasteiger partial charge is 0.323 e. The van der Waals surface area contributed by atoms with E-state index >= 15 is 0 Å².